The second kappa shape index (κ2) is 7.65. The molecular formula is C15H20N2O2. The Morgan fingerprint density at radius 3 is 2.84 bits per heavy atom. The minimum absolute atomic E-state index is 0.622. The van der Waals surface area contributed by atoms with Gasteiger partial charge < -0.3 is 14.8 Å². The zero-order valence-electron chi connectivity index (χ0n) is 11.2. The van der Waals surface area contributed by atoms with Gasteiger partial charge in [0.2, 0.25) is 0 Å². The van der Waals surface area contributed by atoms with Gasteiger partial charge in [-0.2, -0.15) is 5.26 Å². The first-order valence-corrected chi connectivity index (χ1v) is 6.86. The molecule has 19 heavy (non-hydrogen) atoms. The minimum atomic E-state index is 0.622. The van der Waals surface area contributed by atoms with E-state index in [1.165, 1.54) is 5.56 Å². The number of ether oxygens (including phenoxy) is 2. The molecule has 0 fully saturated rings. The molecule has 1 aliphatic heterocycles. The molecule has 1 heterocycles. The quantitative estimate of drug-likeness (QED) is 0.797. The van der Waals surface area contributed by atoms with Gasteiger partial charge in [0.05, 0.1) is 19.3 Å². The molecule has 0 radical (unpaired) electrons. The molecular weight excluding hydrogens is 240 g/mol. The van der Waals surface area contributed by atoms with Gasteiger partial charge in [0.1, 0.15) is 0 Å². The van der Waals surface area contributed by atoms with Gasteiger partial charge in [0, 0.05) is 12.8 Å². The van der Waals surface area contributed by atoms with Gasteiger partial charge in [0.15, 0.2) is 11.5 Å². The number of nitrogens with zero attached hydrogens (tertiary/aromatic N) is 1. The number of rotatable bonds is 6. The minimum Gasteiger partial charge on any atom is -0.490 e. The summed E-state index contributed by atoms with van der Waals surface area (Å²) in [5.41, 5.74) is 1.25. The Bertz CT molecular complexity index is 440. The van der Waals surface area contributed by atoms with E-state index in [9.17, 15) is 0 Å². The Kier molecular flexibility index (Phi) is 5.51. The molecule has 0 aliphatic carbocycles. The Morgan fingerprint density at radius 1 is 1.16 bits per heavy atom. The lowest BCUT2D eigenvalue weighted by Crippen LogP contribution is -2.18. The molecule has 0 spiro atoms. The van der Waals surface area contributed by atoms with Crippen molar-refractivity contribution in [2.24, 2.45) is 0 Å². The van der Waals surface area contributed by atoms with Crippen LogP contribution < -0.4 is 14.8 Å². The zero-order valence-corrected chi connectivity index (χ0v) is 11.2. The lowest BCUT2D eigenvalue weighted by Gasteiger charge is -2.09. The first-order valence-electron chi connectivity index (χ1n) is 6.86. The van der Waals surface area contributed by atoms with Crippen LogP contribution in [0.15, 0.2) is 18.2 Å². The molecule has 4 nitrogen and oxygen atoms in total. The first-order chi connectivity index (χ1) is 9.40. The maximum absolute atomic E-state index is 8.43. The molecule has 0 bridgehead atoms. The summed E-state index contributed by atoms with van der Waals surface area (Å²) in [7, 11) is 0. The summed E-state index contributed by atoms with van der Waals surface area (Å²) in [6.07, 6.45) is 3.43. The van der Waals surface area contributed by atoms with Crippen LogP contribution in [0.5, 0.6) is 11.5 Å². The van der Waals surface area contributed by atoms with E-state index in [0.717, 1.165) is 57.1 Å². The third kappa shape index (κ3) is 4.46. The van der Waals surface area contributed by atoms with Crippen LogP contribution in [-0.2, 0) is 6.42 Å². The smallest absolute Gasteiger partial charge is 0.161 e. The molecule has 0 atom stereocenters. The highest BCUT2D eigenvalue weighted by Crippen LogP contribution is 2.30. The van der Waals surface area contributed by atoms with Crippen LogP contribution in [0, 0.1) is 11.3 Å². The lowest BCUT2D eigenvalue weighted by atomic mass is 10.1. The normalized spacial score (nSPS) is 13.6. The molecule has 4 heteroatoms. The molecule has 102 valence electrons. The molecule has 0 unspecified atom stereocenters. The summed E-state index contributed by atoms with van der Waals surface area (Å²) in [5, 5.41) is 11.8. The lowest BCUT2D eigenvalue weighted by molar-refractivity contribution is 0.297. The molecule has 1 N–H and O–H groups in total. The molecule has 2 rings (SSSR count). The van der Waals surface area contributed by atoms with Crippen LogP contribution in [-0.4, -0.2) is 26.3 Å². The van der Waals surface area contributed by atoms with Gasteiger partial charge in [0.25, 0.3) is 0 Å². The maximum atomic E-state index is 8.43. The Hall–Kier alpha value is -1.73. The van der Waals surface area contributed by atoms with Gasteiger partial charge in [-0.25, -0.2) is 0 Å². The SMILES string of the molecule is N#CCCCNCCc1ccc2c(c1)OCCCO2. The standard InChI is InChI=1S/C15H20N2O2/c16-7-1-2-8-17-9-6-13-4-5-14-15(12-13)19-11-3-10-18-14/h4-5,12,17H,1-3,6,8-11H2. The molecule has 1 aromatic rings. The first kappa shape index (κ1) is 13.7. The van der Waals surface area contributed by atoms with E-state index < -0.39 is 0 Å². The topological polar surface area (TPSA) is 54.3 Å². The van der Waals surface area contributed by atoms with E-state index in [1.807, 2.05) is 6.07 Å². The molecule has 0 saturated carbocycles. The highest BCUT2D eigenvalue weighted by molar-refractivity contribution is 5.43. The van der Waals surface area contributed by atoms with Crippen LogP contribution >= 0.6 is 0 Å². The number of hydrogen-bond donors (Lipinski definition) is 1. The third-order valence-corrected chi connectivity index (χ3v) is 3.04. The molecule has 0 aromatic heterocycles. The maximum Gasteiger partial charge on any atom is 0.161 e. The number of hydrogen-bond acceptors (Lipinski definition) is 4. The van der Waals surface area contributed by atoms with E-state index >= 15 is 0 Å². The van der Waals surface area contributed by atoms with E-state index in [4.69, 9.17) is 14.7 Å². The van der Waals surface area contributed by atoms with Gasteiger partial charge in [-0.15, -0.1) is 0 Å². The van der Waals surface area contributed by atoms with Crippen molar-refractivity contribution in [1.82, 2.24) is 5.32 Å². The van der Waals surface area contributed by atoms with Crippen molar-refractivity contribution in [1.29, 1.82) is 5.26 Å². The van der Waals surface area contributed by atoms with Gasteiger partial charge in [-0.3, -0.25) is 0 Å². The Morgan fingerprint density at radius 2 is 2.00 bits per heavy atom. The molecule has 1 aliphatic rings. The number of benzene rings is 1. The second-order valence-corrected chi connectivity index (χ2v) is 4.59. The van der Waals surface area contributed by atoms with Gasteiger partial charge >= 0.3 is 0 Å². The number of nitrogens with one attached hydrogen (secondary N) is 1. The Balaban J connectivity index is 1.78. The summed E-state index contributed by atoms with van der Waals surface area (Å²) in [4.78, 5) is 0. The second-order valence-electron chi connectivity index (χ2n) is 4.59. The van der Waals surface area contributed by atoms with Crippen molar-refractivity contribution in [3.05, 3.63) is 23.8 Å². The van der Waals surface area contributed by atoms with Crippen molar-refractivity contribution in [3.8, 4) is 17.6 Å². The van der Waals surface area contributed by atoms with Gasteiger partial charge in [-0.05, 0) is 43.6 Å². The summed E-state index contributed by atoms with van der Waals surface area (Å²) in [6, 6.07) is 8.29. The highest BCUT2D eigenvalue weighted by Gasteiger charge is 2.10. The predicted octanol–water partition coefficient (Wildman–Crippen LogP) is 2.28. The molecule has 1 aromatic carbocycles. The summed E-state index contributed by atoms with van der Waals surface area (Å²) in [5.74, 6) is 1.71. The largest absolute Gasteiger partial charge is 0.490 e. The van der Waals surface area contributed by atoms with Crippen molar-refractivity contribution >= 4 is 0 Å². The van der Waals surface area contributed by atoms with Crippen LogP contribution in [0.3, 0.4) is 0 Å². The van der Waals surface area contributed by atoms with Crippen LogP contribution in [0.1, 0.15) is 24.8 Å². The summed E-state index contributed by atoms with van der Waals surface area (Å²) >= 11 is 0. The Labute approximate surface area is 114 Å². The van der Waals surface area contributed by atoms with Crippen molar-refractivity contribution in [3.63, 3.8) is 0 Å². The van der Waals surface area contributed by atoms with Crippen LogP contribution in [0.2, 0.25) is 0 Å². The summed E-state index contributed by atoms with van der Waals surface area (Å²) in [6.45, 7) is 3.28. The van der Waals surface area contributed by atoms with E-state index in [1.54, 1.807) is 0 Å². The molecule has 0 saturated heterocycles. The fourth-order valence-corrected chi connectivity index (χ4v) is 2.01. The number of unbranched alkanes of at least 4 members (excludes halogenated alkanes) is 1. The van der Waals surface area contributed by atoms with E-state index in [-0.39, 0.29) is 0 Å². The van der Waals surface area contributed by atoms with Gasteiger partial charge in [-0.1, -0.05) is 6.07 Å². The average molecular weight is 260 g/mol. The predicted molar refractivity (Wildman–Crippen MR) is 73.5 cm³/mol. The fraction of sp³-hybridized carbons (Fsp3) is 0.533. The molecule has 0 amide bonds. The zero-order chi connectivity index (χ0) is 13.3. The summed E-state index contributed by atoms with van der Waals surface area (Å²) < 4.78 is 11.3. The average Bonchev–Trinajstić information content (AvgIpc) is 2.67. The van der Waals surface area contributed by atoms with Crippen LogP contribution in [0.25, 0.3) is 0 Å². The van der Waals surface area contributed by atoms with Crippen molar-refractivity contribution < 1.29 is 9.47 Å². The number of fused-ring (bicyclic) bond motifs is 1. The van der Waals surface area contributed by atoms with Crippen molar-refractivity contribution in [2.45, 2.75) is 25.7 Å². The van der Waals surface area contributed by atoms with Crippen LogP contribution in [0.4, 0.5) is 0 Å². The van der Waals surface area contributed by atoms with E-state index in [2.05, 4.69) is 23.5 Å². The number of nitriles is 1. The van der Waals surface area contributed by atoms with Crippen molar-refractivity contribution in [2.75, 3.05) is 26.3 Å². The van der Waals surface area contributed by atoms with E-state index in [0.29, 0.717) is 6.42 Å². The monoisotopic (exact) mass is 260 g/mol. The highest BCUT2D eigenvalue weighted by atomic mass is 16.5. The fourth-order valence-electron chi connectivity index (χ4n) is 2.01. The third-order valence-electron chi connectivity index (χ3n) is 3.04.